The normalized spacial score (nSPS) is 11.2. The van der Waals surface area contributed by atoms with Gasteiger partial charge in [-0.05, 0) is 49.2 Å². The van der Waals surface area contributed by atoms with E-state index in [0.717, 1.165) is 23.3 Å². The van der Waals surface area contributed by atoms with Crippen LogP contribution in [0.3, 0.4) is 0 Å². The van der Waals surface area contributed by atoms with Gasteiger partial charge in [-0.15, -0.1) is 0 Å². The molecule has 0 aliphatic carbocycles. The highest BCUT2D eigenvalue weighted by atomic mass is 19.4. The number of halogens is 3. The molecule has 1 amide bonds. The first-order valence-corrected chi connectivity index (χ1v) is 7.04. The van der Waals surface area contributed by atoms with E-state index in [-0.39, 0.29) is 18.1 Å². The summed E-state index contributed by atoms with van der Waals surface area (Å²) in [4.78, 5) is 11.9. The number of carbonyl (C=O) groups excluding carboxylic acids is 1. The van der Waals surface area contributed by atoms with Crippen LogP contribution in [0.4, 0.5) is 24.5 Å². The lowest BCUT2D eigenvalue weighted by molar-refractivity contribution is -0.137. The van der Waals surface area contributed by atoms with Crippen molar-refractivity contribution in [3.63, 3.8) is 0 Å². The van der Waals surface area contributed by atoms with Crippen molar-refractivity contribution in [2.75, 3.05) is 17.2 Å². The minimum atomic E-state index is -4.40. The van der Waals surface area contributed by atoms with Crippen LogP contribution in [0, 0.1) is 13.8 Å². The van der Waals surface area contributed by atoms with Gasteiger partial charge in [0.25, 0.3) is 0 Å². The van der Waals surface area contributed by atoms with E-state index in [4.69, 9.17) is 0 Å². The van der Waals surface area contributed by atoms with E-state index in [1.807, 2.05) is 32.0 Å². The predicted octanol–water partition coefficient (Wildman–Crippen LogP) is 4.37. The van der Waals surface area contributed by atoms with Crippen LogP contribution < -0.4 is 10.6 Å². The second-order valence-corrected chi connectivity index (χ2v) is 5.30. The molecule has 0 aromatic heterocycles. The Morgan fingerprint density at radius 1 is 1.09 bits per heavy atom. The standard InChI is InChI=1S/C17H17F3N2O/c1-11-6-7-12(2)15(8-11)22-16(23)10-21-14-5-3-4-13(9-14)17(18,19)20/h3-9,21H,10H2,1-2H3,(H,22,23). The van der Waals surface area contributed by atoms with Gasteiger partial charge in [0.05, 0.1) is 12.1 Å². The molecule has 0 spiro atoms. The zero-order chi connectivity index (χ0) is 17.0. The Kier molecular flexibility index (Phi) is 4.93. The maximum absolute atomic E-state index is 12.6. The summed E-state index contributed by atoms with van der Waals surface area (Å²) >= 11 is 0. The summed E-state index contributed by atoms with van der Waals surface area (Å²) in [6.45, 7) is 3.67. The molecule has 0 aliphatic rings. The Balaban J connectivity index is 1.98. The third kappa shape index (κ3) is 4.74. The highest BCUT2D eigenvalue weighted by Gasteiger charge is 2.30. The van der Waals surface area contributed by atoms with Crippen molar-refractivity contribution in [3.8, 4) is 0 Å². The van der Waals surface area contributed by atoms with Crippen LogP contribution in [-0.2, 0) is 11.0 Å². The van der Waals surface area contributed by atoms with E-state index in [0.29, 0.717) is 5.69 Å². The van der Waals surface area contributed by atoms with Gasteiger partial charge < -0.3 is 10.6 Å². The molecular formula is C17H17F3N2O. The number of carbonyl (C=O) groups is 1. The number of alkyl halides is 3. The molecule has 0 radical (unpaired) electrons. The minimum absolute atomic E-state index is 0.116. The van der Waals surface area contributed by atoms with Gasteiger partial charge in [0, 0.05) is 11.4 Å². The molecule has 0 saturated carbocycles. The molecule has 6 heteroatoms. The fourth-order valence-electron chi connectivity index (χ4n) is 2.05. The second kappa shape index (κ2) is 6.73. The van der Waals surface area contributed by atoms with E-state index in [9.17, 15) is 18.0 Å². The third-order valence-corrected chi connectivity index (χ3v) is 3.31. The lowest BCUT2D eigenvalue weighted by Crippen LogP contribution is -2.22. The van der Waals surface area contributed by atoms with Crippen molar-refractivity contribution in [3.05, 3.63) is 59.2 Å². The topological polar surface area (TPSA) is 41.1 Å². The number of anilines is 2. The van der Waals surface area contributed by atoms with E-state index >= 15 is 0 Å². The van der Waals surface area contributed by atoms with Crippen LogP contribution in [0.5, 0.6) is 0 Å². The van der Waals surface area contributed by atoms with Crippen LogP contribution in [0.1, 0.15) is 16.7 Å². The fourth-order valence-corrected chi connectivity index (χ4v) is 2.05. The zero-order valence-electron chi connectivity index (χ0n) is 12.8. The Labute approximate surface area is 132 Å². The van der Waals surface area contributed by atoms with Crippen LogP contribution in [0.15, 0.2) is 42.5 Å². The number of hydrogen-bond acceptors (Lipinski definition) is 2. The van der Waals surface area contributed by atoms with E-state index in [2.05, 4.69) is 10.6 Å². The fraction of sp³-hybridized carbons (Fsp3) is 0.235. The van der Waals surface area contributed by atoms with Gasteiger partial charge in [-0.2, -0.15) is 13.2 Å². The molecule has 3 nitrogen and oxygen atoms in total. The van der Waals surface area contributed by atoms with Gasteiger partial charge in [-0.3, -0.25) is 4.79 Å². The summed E-state index contributed by atoms with van der Waals surface area (Å²) in [7, 11) is 0. The molecule has 0 saturated heterocycles. The lowest BCUT2D eigenvalue weighted by Gasteiger charge is -2.12. The largest absolute Gasteiger partial charge is 0.416 e. The van der Waals surface area contributed by atoms with Crippen molar-refractivity contribution in [1.29, 1.82) is 0 Å². The van der Waals surface area contributed by atoms with Gasteiger partial charge >= 0.3 is 6.18 Å². The molecule has 0 unspecified atom stereocenters. The Bertz CT molecular complexity index is 711. The number of nitrogens with one attached hydrogen (secondary N) is 2. The molecule has 122 valence electrons. The maximum Gasteiger partial charge on any atom is 0.416 e. The van der Waals surface area contributed by atoms with Crippen molar-refractivity contribution >= 4 is 17.3 Å². The summed E-state index contributed by atoms with van der Waals surface area (Å²) < 4.78 is 37.9. The number of amides is 1. The quantitative estimate of drug-likeness (QED) is 0.877. The van der Waals surface area contributed by atoms with Crippen LogP contribution in [0.2, 0.25) is 0 Å². The highest BCUT2D eigenvalue weighted by molar-refractivity contribution is 5.94. The van der Waals surface area contributed by atoms with Crippen molar-refractivity contribution in [1.82, 2.24) is 0 Å². The number of hydrogen-bond donors (Lipinski definition) is 2. The first kappa shape index (κ1) is 16.9. The Morgan fingerprint density at radius 2 is 1.83 bits per heavy atom. The Hall–Kier alpha value is -2.50. The van der Waals surface area contributed by atoms with Crippen molar-refractivity contribution in [2.45, 2.75) is 20.0 Å². The number of benzene rings is 2. The second-order valence-electron chi connectivity index (χ2n) is 5.30. The first-order chi connectivity index (χ1) is 10.8. The SMILES string of the molecule is Cc1ccc(C)c(NC(=O)CNc2cccc(C(F)(F)F)c2)c1. The third-order valence-electron chi connectivity index (χ3n) is 3.31. The van der Waals surface area contributed by atoms with Gasteiger partial charge in [-0.25, -0.2) is 0 Å². The summed E-state index contributed by atoms with van der Waals surface area (Å²) in [5, 5.41) is 5.44. The lowest BCUT2D eigenvalue weighted by atomic mass is 10.1. The summed E-state index contributed by atoms with van der Waals surface area (Å²) in [5.41, 5.74) is 2.12. The first-order valence-electron chi connectivity index (χ1n) is 7.04. The molecule has 0 heterocycles. The molecule has 2 aromatic rings. The minimum Gasteiger partial charge on any atom is -0.376 e. The van der Waals surface area contributed by atoms with Gasteiger partial charge in [-0.1, -0.05) is 18.2 Å². The van der Waals surface area contributed by atoms with Gasteiger partial charge in [0.15, 0.2) is 0 Å². The maximum atomic E-state index is 12.6. The molecule has 0 bridgehead atoms. The molecule has 2 aromatic carbocycles. The Morgan fingerprint density at radius 3 is 2.52 bits per heavy atom. The smallest absolute Gasteiger partial charge is 0.376 e. The average Bonchev–Trinajstić information content (AvgIpc) is 2.48. The van der Waals surface area contributed by atoms with Gasteiger partial charge in [0.2, 0.25) is 5.91 Å². The molecule has 0 aliphatic heterocycles. The van der Waals surface area contributed by atoms with Crippen LogP contribution in [0.25, 0.3) is 0 Å². The summed E-state index contributed by atoms with van der Waals surface area (Å²) in [6.07, 6.45) is -4.40. The average molecular weight is 322 g/mol. The van der Waals surface area contributed by atoms with E-state index in [1.165, 1.54) is 12.1 Å². The molecule has 0 atom stereocenters. The number of aryl methyl sites for hydroxylation is 2. The van der Waals surface area contributed by atoms with E-state index in [1.54, 1.807) is 0 Å². The zero-order valence-corrected chi connectivity index (χ0v) is 12.8. The monoisotopic (exact) mass is 322 g/mol. The molecular weight excluding hydrogens is 305 g/mol. The molecule has 2 rings (SSSR count). The number of rotatable bonds is 4. The summed E-state index contributed by atoms with van der Waals surface area (Å²) in [5.74, 6) is -0.323. The molecule has 0 fully saturated rings. The van der Waals surface area contributed by atoms with Crippen molar-refractivity contribution in [2.24, 2.45) is 0 Å². The van der Waals surface area contributed by atoms with E-state index < -0.39 is 11.7 Å². The molecule has 23 heavy (non-hydrogen) atoms. The van der Waals surface area contributed by atoms with Crippen LogP contribution in [-0.4, -0.2) is 12.5 Å². The van der Waals surface area contributed by atoms with Gasteiger partial charge in [0.1, 0.15) is 0 Å². The predicted molar refractivity (Wildman–Crippen MR) is 84.5 cm³/mol. The highest BCUT2D eigenvalue weighted by Crippen LogP contribution is 2.30. The van der Waals surface area contributed by atoms with Crippen LogP contribution >= 0.6 is 0 Å². The summed E-state index contributed by atoms with van der Waals surface area (Å²) in [6, 6.07) is 10.4. The van der Waals surface area contributed by atoms with Crippen molar-refractivity contribution < 1.29 is 18.0 Å². The molecule has 2 N–H and O–H groups in total.